The molecule has 0 radical (unpaired) electrons. The van der Waals surface area contributed by atoms with E-state index in [1.54, 1.807) is 67.9 Å². The van der Waals surface area contributed by atoms with Gasteiger partial charge < -0.3 is 15.4 Å². The third kappa shape index (κ3) is 5.11. The zero-order valence-corrected chi connectivity index (χ0v) is 22.5. The second-order valence-corrected chi connectivity index (χ2v) is 9.30. The Morgan fingerprint density at radius 3 is 2.36 bits per heavy atom. The first-order valence-corrected chi connectivity index (χ1v) is 13.0. The molecular formula is C32H25N7O3. The van der Waals surface area contributed by atoms with Crippen LogP contribution in [0.4, 0.5) is 11.5 Å². The standard InChI is InChI=1S/C32H25N7O3/c1-37(28(40)18-13-22-8-5-6-19-34-22)24-9-7-10-25(20-24)39-31-29(30(33)35-21-36-31)38(32(39)41)23-14-16-27(17-15-23)42-26-11-3-2-4-12-26/h2-21H,1H3,(H2,33,35,36). The molecule has 6 aromatic rings. The monoisotopic (exact) mass is 555 g/mol. The summed E-state index contributed by atoms with van der Waals surface area (Å²) in [4.78, 5) is 41.1. The molecule has 0 bridgehead atoms. The molecule has 0 fully saturated rings. The fourth-order valence-corrected chi connectivity index (χ4v) is 4.52. The number of fused-ring (bicyclic) bond motifs is 1. The van der Waals surface area contributed by atoms with Gasteiger partial charge in [0.1, 0.15) is 23.3 Å². The number of para-hydroxylation sites is 1. The number of hydrogen-bond donors (Lipinski definition) is 1. The summed E-state index contributed by atoms with van der Waals surface area (Å²) in [7, 11) is 1.66. The molecule has 0 atom stereocenters. The van der Waals surface area contributed by atoms with E-state index < -0.39 is 5.69 Å². The molecule has 0 unspecified atom stereocenters. The number of aromatic nitrogens is 5. The number of imidazole rings is 1. The van der Waals surface area contributed by atoms with Crippen LogP contribution in [0.5, 0.6) is 11.5 Å². The number of carbonyl (C=O) groups excluding carboxylic acids is 1. The lowest BCUT2D eigenvalue weighted by Gasteiger charge is -2.16. The van der Waals surface area contributed by atoms with Crippen LogP contribution in [0.25, 0.3) is 28.6 Å². The molecule has 6 rings (SSSR count). The second kappa shape index (κ2) is 11.2. The van der Waals surface area contributed by atoms with E-state index in [1.165, 1.54) is 26.4 Å². The van der Waals surface area contributed by atoms with Crippen LogP contribution in [0.2, 0.25) is 0 Å². The predicted octanol–water partition coefficient (Wildman–Crippen LogP) is 5.02. The number of nitrogen functional groups attached to an aromatic ring is 1. The van der Waals surface area contributed by atoms with Gasteiger partial charge in [0.25, 0.3) is 5.91 Å². The van der Waals surface area contributed by atoms with E-state index in [2.05, 4.69) is 15.0 Å². The largest absolute Gasteiger partial charge is 0.457 e. The molecule has 0 saturated heterocycles. The van der Waals surface area contributed by atoms with Crippen molar-refractivity contribution in [2.24, 2.45) is 0 Å². The first kappa shape index (κ1) is 26.2. The quantitative estimate of drug-likeness (QED) is 0.275. The van der Waals surface area contributed by atoms with E-state index in [4.69, 9.17) is 10.5 Å². The van der Waals surface area contributed by atoms with E-state index in [0.717, 1.165) is 0 Å². The number of nitrogens with two attached hydrogens (primary N) is 1. The number of pyridine rings is 1. The summed E-state index contributed by atoms with van der Waals surface area (Å²) < 4.78 is 8.82. The molecule has 0 aliphatic carbocycles. The number of hydrogen-bond acceptors (Lipinski definition) is 7. The van der Waals surface area contributed by atoms with Gasteiger partial charge in [-0.3, -0.25) is 14.3 Å². The summed E-state index contributed by atoms with van der Waals surface area (Å²) in [5.41, 5.74) is 8.91. The number of amides is 1. The van der Waals surface area contributed by atoms with Crippen LogP contribution in [0.3, 0.4) is 0 Å². The first-order valence-electron chi connectivity index (χ1n) is 13.0. The normalized spacial score (nSPS) is 11.2. The van der Waals surface area contributed by atoms with Crippen molar-refractivity contribution in [1.82, 2.24) is 24.1 Å². The average molecular weight is 556 g/mol. The molecule has 3 heterocycles. The highest BCUT2D eigenvalue weighted by Crippen LogP contribution is 2.27. The molecule has 0 saturated carbocycles. The molecule has 10 heteroatoms. The maximum Gasteiger partial charge on any atom is 0.339 e. The molecule has 10 nitrogen and oxygen atoms in total. The van der Waals surface area contributed by atoms with E-state index in [-0.39, 0.29) is 11.7 Å². The molecular weight excluding hydrogens is 530 g/mol. The smallest absolute Gasteiger partial charge is 0.339 e. The lowest BCUT2D eigenvalue weighted by Crippen LogP contribution is -2.25. The Morgan fingerprint density at radius 1 is 0.833 bits per heavy atom. The van der Waals surface area contributed by atoms with E-state index in [1.807, 2.05) is 48.5 Å². The molecule has 3 aromatic heterocycles. The summed E-state index contributed by atoms with van der Waals surface area (Å²) >= 11 is 0. The minimum atomic E-state index is -0.393. The topological polar surface area (TPSA) is 121 Å². The maximum absolute atomic E-state index is 14.0. The van der Waals surface area contributed by atoms with Crippen molar-refractivity contribution in [3.05, 3.63) is 132 Å². The third-order valence-electron chi connectivity index (χ3n) is 6.61. The molecule has 206 valence electrons. The van der Waals surface area contributed by atoms with Crippen molar-refractivity contribution in [3.8, 4) is 22.9 Å². The van der Waals surface area contributed by atoms with E-state index >= 15 is 0 Å². The lowest BCUT2D eigenvalue weighted by atomic mass is 10.2. The van der Waals surface area contributed by atoms with Gasteiger partial charge in [-0.15, -0.1) is 0 Å². The van der Waals surface area contributed by atoms with Crippen molar-refractivity contribution in [2.75, 3.05) is 17.7 Å². The Hall–Kier alpha value is -6.03. The van der Waals surface area contributed by atoms with Gasteiger partial charge in [0, 0.05) is 25.0 Å². The van der Waals surface area contributed by atoms with Crippen LogP contribution in [0.1, 0.15) is 5.69 Å². The van der Waals surface area contributed by atoms with Gasteiger partial charge >= 0.3 is 5.69 Å². The summed E-state index contributed by atoms with van der Waals surface area (Å²) in [6.07, 6.45) is 6.08. The van der Waals surface area contributed by atoms with Gasteiger partial charge in [0.15, 0.2) is 11.5 Å². The highest BCUT2D eigenvalue weighted by Gasteiger charge is 2.21. The summed E-state index contributed by atoms with van der Waals surface area (Å²) in [6, 6.07) is 29.0. The molecule has 0 aliphatic heterocycles. The number of carbonyl (C=O) groups is 1. The van der Waals surface area contributed by atoms with Crippen LogP contribution in [0, 0.1) is 0 Å². The number of rotatable bonds is 7. The van der Waals surface area contributed by atoms with Gasteiger partial charge in [-0.2, -0.15) is 0 Å². The SMILES string of the molecule is CN(C(=O)C=Cc1ccccn1)c1cccc(-n2c(=O)n(-c3ccc(Oc4ccccc4)cc3)c3c(N)ncnc32)c1. The number of anilines is 2. The van der Waals surface area contributed by atoms with Gasteiger partial charge in [-0.25, -0.2) is 19.3 Å². The highest BCUT2D eigenvalue weighted by molar-refractivity contribution is 6.03. The zero-order valence-electron chi connectivity index (χ0n) is 22.5. The summed E-state index contributed by atoms with van der Waals surface area (Å²) in [5.74, 6) is 1.22. The zero-order chi connectivity index (χ0) is 29.1. The number of likely N-dealkylation sites (N-methyl/N-ethyl adjacent to an activating group) is 1. The van der Waals surface area contributed by atoms with Crippen LogP contribution in [-0.2, 0) is 4.79 Å². The Balaban J connectivity index is 1.36. The second-order valence-electron chi connectivity index (χ2n) is 9.30. The predicted molar refractivity (Wildman–Crippen MR) is 162 cm³/mol. The van der Waals surface area contributed by atoms with Gasteiger partial charge in [0.05, 0.1) is 17.1 Å². The Kier molecular flexibility index (Phi) is 7.00. The minimum Gasteiger partial charge on any atom is -0.457 e. The van der Waals surface area contributed by atoms with Crippen LogP contribution in [-0.4, -0.2) is 37.0 Å². The molecule has 0 spiro atoms. The minimum absolute atomic E-state index is 0.156. The Morgan fingerprint density at radius 2 is 1.60 bits per heavy atom. The third-order valence-corrected chi connectivity index (χ3v) is 6.61. The summed E-state index contributed by atoms with van der Waals surface area (Å²) in [5, 5.41) is 0. The lowest BCUT2D eigenvalue weighted by molar-refractivity contribution is -0.113. The molecule has 1 amide bonds. The van der Waals surface area contributed by atoms with Crippen LogP contribution < -0.4 is 21.1 Å². The van der Waals surface area contributed by atoms with E-state index in [9.17, 15) is 9.59 Å². The van der Waals surface area contributed by atoms with E-state index in [0.29, 0.717) is 45.4 Å². The van der Waals surface area contributed by atoms with Crippen molar-refractivity contribution in [2.45, 2.75) is 0 Å². The van der Waals surface area contributed by atoms with Crippen molar-refractivity contribution >= 4 is 34.7 Å². The van der Waals surface area contributed by atoms with Gasteiger partial charge in [-0.1, -0.05) is 30.3 Å². The molecule has 2 N–H and O–H groups in total. The average Bonchev–Trinajstić information content (AvgIpc) is 3.33. The van der Waals surface area contributed by atoms with Crippen molar-refractivity contribution < 1.29 is 9.53 Å². The van der Waals surface area contributed by atoms with Crippen molar-refractivity contribution in [1.29, 1.82) is 0 Å². The Labute approximate surface area is 240 Å². The first-order chi connectivity index (χ1) is 20.5. The summed E-state index contributed by atoms with van der Waals surface area (Å²) in [6.45, 7) is 0. The number of benzene rings is 3. The van der Waals surface area contributed by atoms with Gasteiger partial charge in [-0.05, 0) is 72.8 Å². The molecule has 3 aromatic carbocycles. The van der Waals surface area contributed by atoms with Crippen LogP contribution >= 0.6 is 0 Å². The fraction of sp³-hybridized carbons (Fsp3) is 0.0312. The van der Waals surface area contributed by atoms with Gasteiger partial charge in [0.2, 0.25) is 0 Å². The number of ether oxygens (including phenoxy) is 1. The van der Waals surface area contributed by atoms with Crippen LogP contribution in [0.15, 0.2) is 120 Å². The Bertz CT molecular complexity index is 1970. The fourth-order valence-electron chi connectivity index (χ4n) is 4.52. The molecule has 0 aliphatic rings. The number of nitrogens with zero attached hydrogens (tertiary/aromatic N) is 6. The van der Waals surface area contributed by atoms with Crippen molar-refractivity contribution in [3.63, 3.8) is 0 Å². The molecule has 42 heavy (non-hydrogen) atoms. The highest BCUT2D eigenvalue weighted by atomic mass is 16.5. The maximum atomic E-state index is 14.0.